The fraction of sp³-hybridized carbons (Fsp3) is 0.541. The number of sulfonamides is 1. The van der Waals surface area contributed by atoms with E-state index in [1.165, 1.54) is 4.31 Å². The summed E-state index contributed by atoms with van der Waals surface area (Å²) in [7, 11) is -3.78. The number of amides is 2. The van der Waals surface area contributed by atoms with Crippen LogP contribution in [0.2, 0.25) is 0 Å². The summed E-state index contributed by atoms with van der Waals surface area (Å²) in [6, 6.07) is 17.2. The molecule has 2 saturated heterocycles. The number of likely N-dealkylation sites (tertiary alicyclic amines) is 1. The van der Waals surface area contributed by atoms with Crippen molar-refractivity contribution >= 4 is 22.0 Å². The first-order valence-corrected chi connectivity index (χ1v) is 18.8. The van der Waals surface area contributed by atoms with Gasteiger partial charge in [0.1, 0.15) is 11.5 Å². The number of fused-ring (bicyclic) bond motifs is 1. The topological polar surface area (TPSA) is 119 Å². The van der Waals surface area contributed by atoms with Crippen LogP contribution < -0.4 is 4.74 Å². The van der Waals surface area contributed by atoms with Gasteiger partial charge >= 0.3 is 6.09 Å². The van der Waals surface area contributed by atoms with E-state index in [9.17, 15) is 18.0 Å². The normalized spacial score (nSPS) is 28.1. The lowest BCUT2D eigenvalue weighted by Gasteiger charge is -2.37. The fourth-order valence-electron chi connectivity index (χ4n) is 9.16. The number of carbonyl (C=O) groups excluding carboxylic acids is 2. The zero-order valence-electron chi connectivity index (χ0n) is 28.2. The van der Waals surface area contributed by atoms with Gasteiger partial charge in [0.05, 0.1) is 36.6 Å². The highest BCUT2D eigenvalue weighted by Crippen LogP contribution is 2.70. The molecule has 2 amide bonds. The van der Waals surface area contributed by atoms with Gasteiger partial charge in [0.15, 0.2) is 0 Å². The van der Waals surface area contributed by atoms with E-state index >= 15 is 0 Å². The van der Waals surface area contributed by atoms with Crippen molar-refractivity contribution in [2.24, 2.45) is 28.6 Å². The highest BCUT2D eigenvalue weighted by molar-refractivity contribution is 7.90. The van der Waals surface area contributed by atoms with Gasteiger partial charge in [-0.05, 0) is 86.6 Å². The molecule has 2 aliphatic heterocycles. The lowest BCUT2D eigenvalue weighted by molar-refractivity contribution is -0.134. The number of nitrogens with zero attached hydrogens (tertiary/aromatic N) is 3. The minimum absolute atomic E-state index is 0.0275. The van der Waals surface area contributed by atoms with Crippen LogP contribution in [-0.4, -0.2) is 72.7 Å². The molecule has 0 N–H and O–H groups in total. The number of aryl methyl sites for hydroxylation is 1. The second-order valence-corrected chi connectivity index (χ2v) is 16.4. The van der Waals surface area contributed by atoms with Crippen LogP contribution in [0.3, 0.4) is 0 Å². The van der Waals surface area contributed by atoms with Crippen LogP contribution in [0.4, 0.5) is 4.79 Å². The van der Waals surface area contributed by atoms with E-state index in [1.807, 2.05) is 61.5 Å². The van der Waals surface area contributed by atoms with E-state index in [2.05, 4.69) is 18.8 Å². The van der Waals surface area contributed by atoms with E-state index in [-0.39, 0.29) is 42.2 Å². The number of hydrogen-bond donors (Lipinski definition) is 0. The van der Waals surface area contributed by atoms with Gasteiger partial charge in [-0.2, -0.15) is 0 Å². The molecule has 1 unspecified atom stereocenters. The second-order valence-electron chi connectivity index (χ2n) is 14.6. The largest absolute Gasteiger partial charge is 0.493 e. The molecule has 3 heterocycles. The molecule has 1 aromatic heterocycles. The highest BCUT2D eigenvalue weighted by Gasteiger charge is 2.72. The molecule has 2 saturated carbocycles. The number of oxazole rings is 1. The Morgan fingerprint density at radius 3 is 2.62 bits per heavy atom. The van der Waals surface area contributed by atoms with Crippen molar-refractivity contribution in [2.75, 3.05) is 32.1 Å². The predicted octanol–water partition coefficient (Wildman–Crippen LogP) is 5.89. The Kier molecular flexibility index (Phi) is 8.33. The number of benzene rings is 2. The maximum atomic E-state index is 14.4. The number of ether oxygens (including phenoxy) is 2. The Labute approximate surface area is 282 Å². The van der Waals surface area contributed by atoms with Crippen molar-refractivity contribution in [1.29, 1.82) is 0 Å². The molecule has 256 valence electrons. The van der Waals surface area contributed by atoms with Crippen LogP contribution in [-0.2, 0) is 32.4 Å². The summed E-state index contributed by atoms with van der Waals surface area (Å²) in [6.07, 6.45) is 3.15. The summed E-state index contributed by atoms with van der Waals surface area (Å²) in [5.41, 5.74) is 2.18. The van der Waals surface area contributed by atoms with Gasteiger partial charge in [0.2, 0.25) is 21.8 Å². The molecule has 11 heteroatoms. The molecule has 0 radical (unpaired) electrons. The molecule has 4 fully saturated rings. The zero-order valence-corrected chi connectivity index (χ0v) is 29.0. The van der Waals surface area contributed by atoms with E-state index in [0.717, 1.165) is 41.8 Å². The minimum atomic E-state index is -3.78. The van der Waals surface area contributed by atoms with Gasteiger partial charge in [-0.25, -0.2) is 22.5 Å². The molecule has 3 aromatic rings. The quantitative estimate of drug-likeness (QED) is 0.276. The molecule has 4 aliphatic rings. The van der Waals surface area contributed by atoms with E-state index in [1.54, 1.807) is 11.8 Å². The van der Waals surface area contributed by atoms with Crippen LogP contribution in [0.15, 0.2) is 59.0 Å². The van der Waals surface area contributed by atoms with Crippen molar-refractivity contribution < 1.29 is 31.9 Å². The Bertz CT molecular complexity index is 1810. The standard InChI is InChI=1S/C37H45N3O7S/c1-5-45-35(42)39-21-27(30(22-39)34(41)40-32-20-28-14-16-37(32,36(28,3)4)23-48(40,43)44)18-25-10-9-13-29(19-25)46-17-15-31-24(2)47-33(38-31)26-11-7-6-8-12-26/h6-13,19,27-28,30,32H,5,14-18,20-23H2,1-4H3/t27-,28?,30+,32+,37+/m0/s1. The monoisotopic (exact) mass is 675 g/mol. The van der Waals surface area contributed by atoms with Gasteiger partial charge in [0, 0.05) is 30.5 Å². The summed E-state index contributed by atoms with van der Waals surface area (Å²) >= 11 is 0. The molecule has 48 heavy (non-hydrogen) atoms. The summed E-state index contributed by atoms with van der Waals surface area (Å²) < 4.78 is 46.1. The third-order valence-electron chi connectivity index (χ3n) is 11.8. The molecular weight excluding hydrogens is 630 g/mol. The second kappa shape index (κ2) is 12.2. The molecule has 2 aromatic carbocycles. The first-order valence-electron chi connectivity index (χ1n) is 17.1. The maximum absolute atomic E-state index is 14.4. The average molecular weight is 676 g/mol. The summed E-state index contributed by atoms with van der Waals surface area (Å²) in [6.45, 7) is 9.09. The molecule has 10 nitrogen and oxygen atoms in total. The van der Waals surface area contributed by atoms with E-state index in [4.69, 9.17) is 13.9 Å². The predicted molar refractivity (Wildman–Crippen MR) is 180 cm³/mol. The van der Waals surface area contributed by atoms with E-state index in [0.29, 0.717) is 43.6 Å². The first kappa shape index (κ1) is 32.7. The third-order valence-corrected chi connectivity index (χ3v) is 13.7. The van der Waals surface area contributed by atoms with Gasteiger partial charge < -0.3 is 18.8 Å². The minimum Gasteiger partial charge on any atom is -0.493 e. The van der Waals surface area contributed by atoms with E-state index < -0.39 is 27.4 Å². The first-order chi connectivity index (χ1) is 22.9. The van der Waals surface area contributed by atoms with Gasteiger partial charge in [-0.3, -0.25) is 4.79 Å². The fourth-order valence-corrected chi connectivity index (χ4v) is 11.7. The van der Waals surface area contributed by atoms with Crippen molar-refractivity contribution in [2.45, 2.75) is 65.8 Å². The number of rotatable bonds is 9. The molecule has 7 rings (SSSR count). The maximum Gasteiger partial charge on any atom is 0.409 e. The molecule has 1 spiro atoms. The van der Waals surface area contributed by atoms with Crippen LogP contribution in [0.25, 0.3) is 11.5 Å². The number of hydrogen-bond acceptors (Lipinski definition) is 8. The summed E-state index contributed by atoms with van der Waals surface area (Å²) in [4.78, 5) is 33.5. The summed E-state index contributed by atoms with van der Waals surface area (Å²) in [5, 5.41) is 0. The van der Waals surface area contributed by atoms with Crippen molar-refractivity contribution in [1.82, 2.24) is 14.2 Å². The Morgan fingerprint density at radius 1 is 1.08 bits per heavy atom. The van der Waals surface area contributed by atoms with Crippen LogP contribution >= 0.6 is 0 Å². The van der Waals surface area contributed by atoms with Gasteiger partial charge in [-0.1, -0.05) is 44.2 Å². The highest BCUT2D eigenvalue weighted by atomic mass is 32.2. The Morgan fingerprint density at radius 2 is 1.88 bits per heavy atom. The van der Waals surface area contributed by atoms with Gasteiger partial charge in [0.25, 0.3) is 0 Å². The molecule has 5 atom stereocenters. The SMILES string of the molecule is CCOC(=O)N1C[C@H](Cc2cccc(OCCc3nc(-c4ccccc4)oc3C)c2)[C@H](C(=O)N2[C@@H]3CC4CC[C@]3(CS2(=O)=O)C4(C)C)C1. The van der Waals surface area contributed by atoms with Gasteiger partial charge in [-0.15, -0.1) is 0 Å². The Hall–Kier alpha value is -3.86. The number of aromatic nitrogens is 1. The van der Waals surface area contributed by atoms with Crippen molar-refractivity contribution in [3.63, 3.8) is 0 Å². The number of carbonyl (C=O) groups is 2. The van der Waals surface area contributed by atoms with Crippen LogP contribution in [0.1, 0.15) is 57.1 Å². The Balaban J connectivity index is 1.06. The summed E-state index contributed by atoms with van der Waals surface area (Å²) in [5.74, 6) is 1.17. The average Bonchev–Trinajstić information content (AvgIpc) is 3.81. The lowest BCUT2D eigenvalue weighted by atomic mass is 9.69. The van der Waals surface area contributed by atoms with Crippen LogP contribution in [0, 0.1) is 35.5 Å². The smallest absolute Gasteiger partial charge is 0.409 e. The third kappa shape index (κ3) is 5.47. The molecular formula is C37H45N3O7S. The lowest BCUT2D eigenvalue weighted by Crippen LogP contribution is -2.47. The molecule has 2 bridgehead atoms. The van der Waals surface area contributed by atoms with Crippen molar-refractivity contribution in [3.8, 4) is 17.2 Å². The zero-order chi connectivity index (χ0) is 33.8. The molecule has 2 aliphatic carbocycles. The van der Waals surface area contributed by atoms with Crippen LogP contribution in [0.5, 0.6) is 5.75 Å². The van der Waals surface area contributed by atoms with Crippen molar-refractivity contribution in [3.05, 3.63) is 71.6 Å².